The number of benzene rings is 1. The van der Waals surface area contributed by atoms with E-state index in [9.17, 15) is 14.9 Å². The molecule has 0 saturated carbocycles. The standard InChI is InChI=1S/C18H23N3O3/c22-18(10-9-15-6-1-2-8-17(15)21(23)24)20-13-5-7-16(14-20)19-11-3-4-12-19/h1-2,6,8-10,16H,3-5,7,11-14H2/b10-9-/t16-/m0/s1. The first-order valence-electron chi connectivity index (χ1n) is 8.59. The van der Waals surface area contributed by atoms with Gasteiger partial charge in [-0.15, -0.1) is 0 Å². The summed E-state index contributed by atoms with van der Waals surface area (Å²) in [7, 11) is 0. The molecule has 2 saturated heterocycles. The van der Waals surface area contributed by atoms with Crippen LogP contribution in [0.2, 0.25) is 0 Å². The van der Waals surface area contributed by atoms with Crippen LogP contribution in [0.3, 0.4) is 0 Å². The van der Waals surface area contributed by atoms with Crippen molar-refractivity contribution < 1.29 is 9.72 Å². The van der Waals surface area contributed by atoms with Crippen molar-refractivity contribution in [3.8, 4) is 0 Å². The number of rotatable bonds is 4. The van der Waals surface area contributed by atoms with E-state index in [4.69, 9.17) is 0 Å². The zero-order chi connectivity index (χ0) is 16.9. The molecule has 0 aromatic heterocycles. The van der Waals surface area contributed by atoms with E-state index in [0.717, 1.165) is 39.0 Å². The van der Waals surface area contributed by atoms with Crippen LogP contribution in [0.25, 0.3) is 6.08 Å². The molecular formula is C18H23N3O3. The summed E-state index contributed by atoms with van der Waals surface area (Å²) in [5, 5.41) is 11.0. The highest BCUT2D eigenvalue weighted by atomic mass is 16.6. The lowest BCUT2D eigenvalue weighted by molar-refractivity contribution is -0.385. The van der Waals surface area contributed by atoms with Crippen LogP contribution in [0.15, 0.2) is 30.3 Å². The van der Waals surface area contributed by atoms with Crippen LogP contribution in [-0.2, 0) is 4.79 Å². The summed E-state index contributed by atoms with van der Waals surface area (Å²) in [4.78, 5) is 27.4. The molecule has 6 nitrogen and oxygen atoms in total. The molecule has 0 aliphatic carbocycles. The van der Waals surface area contributed by atoms with E-state index in [1.807, 2.05) is 4.90 Å². The number of piperidine rings is 1. The Morgan fingerprint density at radius 2 is 1.92 bits per heavy atom. The van der Waals surface area contributed by atoms with Gasteiger partial charge in [-0.05, 0) is 50.9 Å². The fourth-order valence-corrected chi connectivity index (χ4v) is 3.62. The van der Waals surface area contributed by atoms with Crippen molar-refractivity contribution in [3.63, 3.8) is 0 Å². The quantitative estimate of drug-likeness (QED) is 0.484. The normalized spacial score (nSPS) is 22.2. The molecule has 1 amide bonds. The van der Waals surface area contributed by atoms with Crippen LogP contribution < -0.4 is 0 Å². The van der Waals surface area contributed by atoms with Crippen molar-refractivity contribution in [2.45, 2.75) is 31.7 Å². The van der Waals surface area contributed by atoms with Gasteiger partial charge in [0.2, 0.25) is 5.91 Å². The second-order valence-corrected chi connectivity index (χ2v) is 6.47. The van der Waals surface area contributed by atoms with Crippen molar-refractivity contribution in [3.05, 3.63) is 46.0 Å². The molecule has 0 unspecified atom stereocenters. The van der Waals surface area contributed by atoms with Crippen molar-refractivity contribution in [1.29, 1.82) is 0 Å². The Kier molecular flexibility index (Phi) is 5.25. The zero-order valence-corrected chi connectivity index (χ0v) is 13.8. The maximum Gasteiger partial charge on any atom is 0.276 e. The van der Waals surface area contributed by atoms with Crippen LogP contribution in [-0.4, -0.2) is 52.9 Å². The Bertz CT molecular complexity index is 638. The summed E-state index contributed by atoms with van der Waals surface area (Å²) in [5.74, 6) is -0.0583. The molecule has 128 valence electrons. The number of hydrogen-bond donors (Lipinski definition) is 0. The molecule has 1 atom stereocenters. The first-order valence-corrected chi connectivity index (χ1v) is 8.59. The van der Waals surface area contributed by atoms with Gasteiger partial charge in [0.15, 0.2) is 0 Å². The smallest absolute Gasteiger partial charge is 0.276 e. The average molecular weight is 329 g/mol. The molecule has 2 heterocycles. The van der Waals surface area contributed by atoms with E-state index in [-0.39, 0.29) is 11.6 Å². The highest BCUT2D eigenvalue weighted by molar-refractivity contribution is 5.92. The molecule has 0 N–H and O–H groups in total. The minimum atomic E-state index is -0.422. The van der Waals surface area contributed by atoms with Crippen molar-refractivity contribution in [2.75, 3.05) is 26.2 Å². The molecule has 0 spiro atoms. The highest BCUT2D eigenvalue weighted by Gasteiger charge is 2.28. The van der Waals surface area contributed by atoms with Crippen molar-refractivity contribution >= 4 is 17.7 Å². The van der Waals surface area contributed by atoms with Gasteiger partial charge in [0, 0.05) is 31.3 Å². The number of carbonyl (C=O) groups excluding carboxylic acids is 1. The van der Waals surface area contributed by atoms with E-state index in [1.54, 1.807) is 24.3 Å². The third kappa shape index (κ3) is 3.82. The number of nitro benzene ring substituents is 1. The number of hydrogen-bond acceptors (Lipinski definition) is 4. The van der Waals surface area contributed by atoms with E-state index in [2.05, 4.69) is 4.90 Å². The monoisotopic (exact) mass is 329 g/mol. The van der Waals surface area contributed by atoms with Crippen LogP contribution >= 0.6 is 0 Å². The summed E-state index contributed by atoms with van der Waals surface area (Å²) in [6, 6.07) is 6.94. The third-order valence-electron chi connectivity index (χ3n) is 4.90. The summed E-state index contributed by atoms with van der Waals surface area (Å²) < 4.78 is 0. The highest BCUT2D eigenvalue weighted by Crippen LogP contribution is 2.22. The first-order chi connectivity index (χ1) is 11.6. The van der Waals surface area contributed by atoms with Crippen LogP contribution in [0.5, 0.6) is 0 Å². The Hall–Kier alpha value is -2.21. The predicted octanol–water partition coefficient (Wildman–Crippen LogP) is 2.69. The molecule has 2 aliphatic heterocycles. The Morgan fingerprint density at radius 3 is 2.67 bits per heavy atom. The predicted molar refractivity (Wildman–Crippen MR) is 92.5 cm³/mol. The van der Waals surface area contributed by atoms with Crippen LogP contribution in [0, 0.1) is 10.1 Å². The zero-order valence-electron chi connectivity index (χ0n) is 13.8. The van der Waals surface area contributed by atoms with E-state index in [1.165, 1.54) is 25.0 Å². The number of amides is 1. The second kappa shape index (κ2) is 7.57. The molecule has 2 aliphatic rings. The van der Waals surface area contributed by atoms with Gasteiger partial charge in [-0.2, -0.15) is 0 Å². The molecule has 1 aromatic carbocycles. The fourth-order valence-electron chi connectivity index (χ4n) is 3.62. The number of likely N-dealkylation sites (tertiary alicyclic amines) is 2. The topological polar surface area (TPSA) is 66.7 Å². The lowest BCUT2D eigenvalue weighted by Gasteiger charge is -2.37. The second-order valence-electron chi connectivity index (χ2n) is 6.47. The van der Waals surface area contributed by atoms with Gasteiger partial charge < -0.3 is 4.90 Å². The van der Waals surface area contributed by atoms with E-state index in [0.29, 0.717) is 11.6 Å². The van der Waals surface area contributed by atoms with Crippen LogP contribution in [0.1, 0.15) is 31.2 Å². The molecule has 24 heavy (non-hydrogen) atoms. The van der Waals surface area contributed by atoms with Gasteiger partial charge in [-0.25, -0.2) is 0 Å². The number of nitrogens with zero attached hydrogens (tertiary/aromatic N) is 3. The number of nitro groups is 1. The average Bonchev–Trinajstić information content (AvgIpc) is 3.14. The molecule has 3 rings (SSSR count). The van der Waals surface area contributed by atoms with Crippen LogP contribution in [0.4, 0.5) is 5.69 Å². The largest absolute Gasteiger partial charge is 0.338 e. The molecule has 0 radical (unpaired) electrons. The molecule has 1 aromatic rings. The SMILES string of the molecule is O=C(/C=C\c1ccccc1[N+](=O)[O-])N1CCC[C@H](N2CCCC2)C1. The van der Waals surface area contributed by atoms with Crippen molar-refractivity contribution in [2.24, 2.45) is 0 Å². The minimum Gasteiger partial charge on any atom is -0.338 e. The molecule has 6 heteroatoms. The summed E-state index contributed by atoms with van der Waals surface area (Å²) in [5.41, 5.74) is 0.485. The Morgan fingerprint density at radius 1 is 1.17 bits per heavy atom. The summed E-state index contributed by atoms with van der Waals surface area (Å²) in [6.45, 7) is 3.81. The third-order valence-corrected chi connectivity index (χ3v) is 4.90. The summed E-state index contributed by atoms with van der Waals surface area (Å²) >= 11 is 0. The van der Waals surface area contributed by atoms with Crippen molar-refractivity contribution in [1.82, 2.24) is 9.80 Å². The van der Waals surface area contributed by atoms with Gasteiger partial charge in [0.25, 0.3) is 5.69 Å². The maximum atomic E-state index is 12.5. The summed E-state index contributed by atoms with van der Waals surface area (Å²) in [6.07, 6.45) is 7.70. The first kappa shape index (κ1) is 16.6. The molecule has 2 fully saturated rings. The van der Waals surface area contributed by atoms with Gasteiger partial charge >= 0.3 is 0 Å². The molecule has 0 bridgehead atoms. The van der Waals surface area contributed by atoms with Gasteiger partial charge in [0.05, 0.1) is 10.5 Å². The number of para-hydroxylation sites is 1. The minimum absolute atomic E-state index is 0.0233. The van der Waals surface area contributed by atoms with Gasteiger partial charge in [-0.3, -0.25) is 19.8 Å². The van der Waals surface area contributed by atoms with Gasteiger partial charge in [0.1, 0.15) is 0 Å². The van der Waals surface area contributed by atoms with Gasteiger partial charge in [-0.1, -0.05) is 12.1 Å². The maximum absolute atomic E-state index is 12.5. The number of carbonyl (C=O) groups is 1. The lowest BCUT2D eigenvalue weighted by atomic mass is 10.0. The Balaban J connectivity index is 1.65. The molecular weight excluding hydrogens is 306 g/mol. The van der Waals surface area contributed by atoms with E-state index >= 15 is 0 Å². The lowest BCUT2D eigenvalue weighted by Crippen LogP contribution is -2.48. The van der Waals surface area contributed by atoms with E-state index < -0.39 is 4.92 Å². The fraction of sp³-hybridized carbons (Fsp3) is 0.500. The Labute approximate surface area is 141 Å².